The lowest BCUT2D eigenvalue weighted by molar-refractivity contribution is 0.289. The summed E-state index contributed by atoms with van der Waals surface area (Å²) in [5, 5.41) is 3.44. The molecule has 0 spiro atoms. The fourth-order valence-electron chi connectivity index (χ4n) is 2.00. The Morgan fingerprint density at radius 2 is 1.95 bits per heavy atom. The number of rotatable bonds is 8. The highest BCUT2D eigenvalue weighted by Gasteiger charge is 2.06. The molecule has 1 aromatic carbocycles. The summed E-state index contributed by atoms with van der Waals surface area (Å²) in [6.45, 7) is 8.11. The molecule has 0 amide bonds. The molecule has 114 valence electrons. The van der Waals surface area contributed by atoms with Gasteiger partial charge in [-0.25, -0.2) is 4.98 Å². The Morgan fingerprint density at radius 1 is 1.19 bits per heavy atom. The SMILES string of the molecule is CC(C)CCOc1ccc(CNC(C)c2ncc[nH]2)cc1. The number of hydrogen-bond donors (Lipinski definition) is 2. The van der Waals surface area contributed by atoms with E-state index in [0.29, 0.717) is 5.92 Å². The quantitative estimate of drug-likeness (QED) is 0.778. The standard InChI is InChI=1S/C17H25N3O/c1-13(2)8-11-21-16-6-4-15(5-7-16)12-20-14(3)17-18-9-10-19-17/h4-7,9-10,13-14,20H,8,11-12H2,1-3H3,(H,18,19). The Kier molecular flexibility index (Phi) is 5.81. The van der Waals surface area contributed by atoms with E-state index < -0.39 is 0 Å². The molecule has 4 nitrogen and oxygen atoms in total. The Bertz CT molecular complexity index is 505. The molecular formula is C17H25N3O. The highest BCUT2D eigenvalue weighted by molar-refractivity contribution is 5.27. The first-order chi connectivity index (χ1) is 10.1. The van der Waals surface area contributed by atoms with Gasteiger partial charge in [0.2, 0.25) is 0 Å². The van der Waals surface area contributed by atoms with E-state index >= 15 is 0 Å². The summed E-state index contributed by atoms with van der Waals surface area (Å²) in [5.41, 5.74) is 1.24. The molecule has 0 saturated heterocycles. The van der Waals surface area contributed by atoms with E-state index in [4.69, 9.17) is 4.74 Å². The lowest BCUT2D eigenvalue weighted by Gasteiger charge is -2.12. The fourth-order valence-corrected chi connectivity index (χ4v) is 2.00. The van der Waals surface area contributed by atoms with Gasteiger partial charge in [0.05, 0.1) is 12.6 Å². The zero-order valence-electron chi connectivity index (χ0n) is 13.1. The van der Waals surface area contributed by atoms with Crippen LogP contribution in [0.3, 0.4) is 0 Å². The van der Waals surface area contributed by atoms with Gasteiger partial charge in [-0.1, -0.05) is 26.0 Å². The van der Waals surface area contributed by atoms with Crippen LogP contribution in [-0.2, 0) is 6.54 Å². The molecule has 0 saturated carbocycles. The molecule has 2 aromatic rings. The summed E-state index contributed by atoms with van der Waals surface area (Å²) in [5.74, 6) is 2.58. The summed E-state index contributed by atoms with van der Waals surface area (Å²) >= 11 is 0. The van der Waals surface area contributed by atoms with E-state index in [1.165, 1.54) is 5.56 Å². The molecule has 1 unspecified atom stereocenters. The van der Waals surface area contributed by atoms with Crippen molar-refractivity contribution in [3.63, 3.8) is 0 Å². The molecule has 1 aromatic heterocycles. The van der Waals surface area contributed by atoms with Gasteiger partial charge in [0.25, 0.3) is 0 Å². The largest absolute Gasteiger partial charge is 0.494 e. The van der Waals surface area contributed by atoms with Crippen molar-refractivity contribution in [1.29, 1.82) is 0 Å². The van der Waals surface area contributed by atoms with Crippen molar-refractivity contribution in [2.75, 3.05) is 6.61 Å². The zero-order valence-corrected chi connectivity index (χ0v) is 13.1. The summed E-state index contributed by atoms with van der Waals surface area (Å²) in [6, 6.07) is 8.49. The second-order valence-electron chi connectivity index (χ2n) is 5.75. The number of nitrogens with one attached hydrogen (secondary N) is 2. The Hall–Kier alpha value is -1.81. The van der Waals surface area contributed by atoms with Crippen LogP contribution >= 0.6 is 0 Å². The average Bonchev–Trinajstić information content (AvgIpc) is 3.00. The first-order valence-corrected chi connectivity index (χ1v) is 7.59. The molecule has 4 heteroatoms. The van der Waals surface area contributed by atoms with Gasteiger partial charge in [0, 0.05) is 18.9 Å². The van der Waals surface area contributed by atoms with Crippen LogP contribution in [0.25, 0.3) is 0 Å². The van der Waals surface area contributed by atoms with Crippen LogP contribution in [0.1, 0.15) is 44.6 Å². The molecule has 2 rings (SSSR count). The fraction of sp³-hybridized carbons (Fsp3) is 0.471. The molecule has 0 bridgehead atoms. The van der Waals surface area contributed by atoms with Crippen molar-refractivity contribution in [2.45, 2.75) is 39.8 Å². The number of imidazole rings is 1. The van der Waals surface area contributed by atoms with Crippen LogP contribution < -0.4 is 10.1 Å². The second-order valence-corrected chi connectivity index (χ2v) is 5.75. The Labute approximate surface area is 127 Å². The number of aromatic nitrogens is 2. The van der Waals surface area contributed by atoms with Crippen molar-refractivity contribution in [1.82, 2.24) is 15.3 Å². The molecule has 0 aliphatic carbocycles. The Morgan fingerprint density at radius 3 is 2.57 bits per heavy atom. The minimum absolute atomic E-state index is 0.210. The van der Waals surface area contributed by atoms with Gasteiger partial charge in [0.15, 0.2) is 0 Å². The molecule has 1 heterocycles. The molecule has 21 heavy (non-hydrogen) atoms. The van der Waals surface area contributed by atoms with E-state index in [0.717, 1.165) is 31.1 Å². The van der Waals surface area contributed by atoms with Crippen LogP contribution in [0.15, 0.2) is 36.7 Å². The van der Waals surface area contributed by atoms with Gasteiger partial charge in [-0.2, -0.15) is 0 Å². The van der Waals surface area contributed by atoms with Gasteiger partial charge >= 0.3 is 0 Å². The lowest BCUT2D eigenvalue weighted by atomic mass is 10.1. The minimum Gasteiger partial charge on any atom is -0.494 e. The second kappa shape index (κ2) is 7.84. The summed E-state index contributed by atoms with van der Waals surface area (Å²) in [7, 11) is 0. The van der Waals surface area contributed by atoms with E-state index in [1.807, 2.05) is 18.3 Å². The van der Waals surface area contributed by atoms with E-state index in [9.17, 15) is 0 Å². The van der Waals surface area contributed by atoms with Crippen LogP contribution in [0, 0.1) is 5.92 Å². The van der Waals surface area contributed by atoms with Crippen molar-refractivity contribution < 1.29 is 4.74 Å². The van der Waals surface area contributed by atoms with Crippen LogP contribution in [0.4, 0.5) is 0 Å². The molecule has 0 radical (unpaired) electrons. The third-order valence-corrected chi connectivity index (χ3v) is 3.43. The van der Waals surface area contributed by atoms with Crippen molar-refractivity contribution in [3.05, 3.63) is 48.0 Å². The zero-order chi connectivity index (χ0) is 15.1. The van der Waals surface area contributed by atoms with Crippen LogP contribution in [-0.4, -0.2) is 16.6 Å². The van der Waals surface area contributed by atoms with E-state index in [2.05, 4.69) is 48.2 Å². The monoisotopic (exact) mass is 287 g/mol. The maximum atomic E-state index is 5.72. The van der Waals surface area contributed by atoms with Gasteiger partial charge in [-0.05, 0) is 37.0 Å². The topological polar surface area (TPSA) is 49.9 Å². The normalized spacial score (nSPS) is 12.6. The third-order valence-electron chi connectivity index (χ3n) is 3.43. The van der Waals surface area contributed by atoms with Gasteiger partial charge in [-0.3, -0.25) is 0 Å². The minimum atomic E-state index is 0.210. The molecular weight excluding hydrogens is 262 g/mol. The number of aromatic amines is 1. The van der Waals surface area contributed by atoms with Crippen molar-refractivity contribution >= 4 is 0 Å². The number of H-pyrrole nitrogens is 1. The molecule has 0 aliphatic heterocycles. The number of ether oxygens (including phenoxy) is 1. The molecule has 0 aliphatic rings. The lowest BCUT2D eigenvalue weighted by Crippen LogP contribution is -2.19. The van der Waals surface area contributed by atoms with Crippen molar-refractivity contribution in [2.24, 2.45) is 5.92 Å². The van der Waals surface area contributed by atoms with Crippen molar-refractivity contribution in [3.8, 4) is 5.75 Å². The van der Waals surface area contributed by atoms with Gasteiger partial charge in [-0.15, -0.1) is 0 Å². The maximum absolute atomic E-state index is 5.72. The van der Waals surface area contributed by atoms with Gasteiger partial charge in [0.1, 0.15) is 11.6 Å². The number of hydrogen-bond acceptors (Lipinski definition) is 3. The van der Waals surface area contributed by atoms with Crippen LogP contribution in [0.2, 0.25) is 0 Å². The summed E-state index contributed by atoms with van der Waals surface area (Å²) in [4.78, 5) is 7.37. The summed E-state index contributed by atoms with van der Waals surface area (Å²) < 4.78 is 5.72. The highest BCUT2D eigenvalue weighted by atomic mass is 16.5. The number of nitrogens with zero attached hydrogens (tertiary/aromatic N) is 1. The number of benzene rings is 1. The van der Waals surface area contributed by atoms with Crippen LogP contribution in [0.5, 0.6) is 5.75 Å². The van der Waals surface area contributed by atoms with E-state index in [1.54, 1.807) is 6.20 Å². The molecule has 1 atom stereocenters. The first-order valence-electron chi connectivity index (χ1n) is 7.59. The molecule has 2 N–H and O–H groups in total. The molecule has 0 fully saturated rings. The van der Waals surface area contributed by atoms with E-state index in [-0.39, 0.29) is 6.04 Å². The summed E-state index contributed by atoms with van der Waals surface area (Å²) in [6.07, 6.45) is 4.71. The van der Waals surface area contributed by atoms with Gasteiger partial charge < -0.3 is 15.0 Å². The first kappa shape index (κ1) is 15.6. The third kappa shape index (κ3) is 5.23. The smallest absolute Gasteiger partial charge is 0.122 e. The maximum Gasteiger partial charge on any atom is 0.122 e. The Balaban J connectivity index is 1.77. The highest BCUT2D eigenvalue weighted by Crippen LogP contribution is 2.14. The average molecular weight is 287 g/mol. The predicted octanol–water partition coefficient (Wildman–Crippen LogP) is 3.69. The predicted molar refractivity (Wildman–Crippen MR) is 85.2 cm³/mol.